The highest BCUT2D eigenvalue weighted by Gasteiger charge is 2.38. The summed E-state index contributed by atoms with van der Waals surface area (Å²) in [7, 11) is -3.20. The minimum Gasteiger partial charge on any atom is -0.385 e. The first kappa shape index (κ1) is 18.7. The first-order valence-corrected chi connectivity index (χ1v) is 10.2. The molecule has 1 saturated heterocycles. The summed E-state index contributed by atoms with van der Waals surface area (Å²) in [4.78, 5) is 0. The van der Waals surface area contributed by atoms with Gasteiger partial charge >= 0.3 is 0 Å². The van der Waals surface area contributed by atoms with Gasteiger partial charge < -0.3 is 10.4 Å². The maximum atomic E-state index is 11.4. The van der Waals surface area contributed by atoms with Crippen LogP contribution in [0.1, 0.15) is 31.2 Å². The second kappa shape index (κ2) is 7.94. The van der Waals surface area contributed by atoms with Crippen molar-refractivity contribution in [2.75, 3.05) is 25.9 Å². The molecule has 3 N–H and O–H groups in total. The van der Waals surface area contributed by atoms with E-state index in [1.807, 2.05) is 12.1 Å². The van der Waals surface area contributed by atoms with Crippen LogP contribution in [-0.2, 0) is 15.6 Å². The van der Waals surface area contributed by atoms with Gasteiger partial charge in [0.1, 0.15) is 0 Å². The highest BCUT2D eigenvalue weighted by atomic mass is 35.5. The minimum absolute atomic E-state index is 0.0907. The molecule has 1 aromatic rings. The monoisotopic (exact) mass is 360 g/mol. The fraction of sp³-hybridized carbons (Fsp3) is 0.625. The number of sulfonamides is 1. The summed E-state index contributed by atoms with van der Waals surface area (Å²) in [5, 5.41) is 15.3. The van der Waals surface area contributed by atoms with E-state index in [9.17, 15) is 13.5 Å². The van der Waals surface area contributed by atoms with Crippen molar-refractivity contribution in [2.24, 2.45) is 5.92 Å². The molecule has 130 valence electrons. The molecule has 2 unspecified atom stereocenters. The van der Waals surface area contributed by atoms with Crippen LogP contribution in [0.15, 0.2) is 24.3 Å². The lowest BCUT2D eigenvalue weighted by Crippen LogP contribution is -2.44. The molecular formula is C16H25ClN2O3S. The molecule has 1 aliphatic rings. The van der Waals surface area contributed by atoms with Crippen molar-refractivity contribution >= 4 is 21.6 Å². The quantitative estimate of drug-likeness (QED) is 0.648. The van der Waals surface area contributed by atoms with Crippen LogP contribution < -0.4 is 10.0 Å². The third-order valence-corrected chi connectivity index (χ3v) is 5.36. The lowest BCUT2D eigenvalue weighted by atomic mass is 9.74. The van der Waals surface area contributed by atoms with Crippen molar-refractivity contribution in [2.45, 2.75) is 31.3 Å². The van der Waals surface area contributed by atoms with Gasteiger partial charge in [0.05, 0.1) is 11.9 Å². The molecule has 0 spiro atoms. The van der Waals surface area contributed by atoms with Crippen LogP contribution in [0.2, 0.25) is 5.02 Å². The van der Waals surface area contributed by atoms with E-state index in [1.165, 1.54) is 0 Å². The van der Waals surface area contributed by atoms with Crippen LogP contribution in [0, 0.1) is 5.92 Å². The molecule has 1 fully saturated rings. The Morgan fingerprint density at radius 1 is 1.48 bits per heavy atom. The molecular weight excluding hydrogens is 336 g/mol. The average Bonchev–Trinajstić information content (AvgIpc) is 2.51. The number of piperidine rings is 1. The van der Waals surface area contributed by atoms with Crippen LogP contribution in [0.4, 0.5) is 0 Å². The summed E-state index contributed by atoms with van der Waals surface area (Å²) in [5.41, 5.74) is -0.199. The van der Waals surface area contributed by atoms with Crippen molar-refractivity contribution in [1.82, 2.24) is 10.0 Å². The number of benzene rings is 1. The fourth-order valence-electron chi connectivity index (χ4n) is 3.22. The van der Waals surface area contributed by atoms with E-state index in [0.29, 0.717) is 24.4 Å². The summed E-state index contributed by atoms with van der Waals surface area (Å²) < 4.78 is 24.8. The number of halogens is 1. The van der Waals surface area contributed by atoms with Gasteiger partial charge in [-0.1, -0.05) is 23.7 Å². The molecule has 0 amide bonds. The van der Waals surface area contributed by atoms with Gasteiger partial charge in [-0.2, -0.15) is 0 Å². The lowest BCUT2D eigenvalue weighted by Gasteiger charge is -2.39. The topological polar surface area (TPSA) is 78.4 Å². The van der Waals surface area contributed by atoms with Crippen molar-refractivity contribution < 1.29 is 13.5 Å². The Kier molecular flexibility index (Phi) is 6.45. The third-order valence-electron chi connectivity index (χ3n) is 4.40. The van der Waals surface area contributed by atoms with E-state index in [0.717, 1.165) is 37.8 Å². The van der Waals surface area contributed by atoms with Gasteiger partial charge in [-0.05, 0) is 49.9 Å². The van der Waals surface area contributed by atoms with Crippen LogP contribution in [0.3, 0.4) is 0 Å². The second-order valence-electron chi connectivity index (χ2n) is 6.25. The zero-order chi connectivity index (χ0) is 16.9. The predicted octanol–water partition coefficient (Wildman–Crippen LogP) is 1.86. The molecule has 0 radical (unpaired) electrons. The molecule has 0 saturated carbocycles. The van der Waals surface area contributed by atoms with Crippen LogP contribution in [0.5, 0.6) is 0 Å². The number of nitrogens with one attached hydrogen (secondary N) is 2. The Morgan fingerprint density at radius 3 is 2.87 bits per heavy atom. The van der Waals surface area contributed by atoms with Gasteiger partial charge in [0.15, 0.2) is 0 Å². The molecule has 1 aromatic carbocycles. The minimum atomic E-state index is -3.20. The highest BCUT2D eigenvalue weighted by Crippen LogP contribution is 2.38. The van der Waals surface area contributed by atoms with Crippen LogP contribution in [-0.4, -0.2) is 39.4 Å². The van der Waals surface area contributed by atoms with E-state index in [2.05, 4.69) is 10.0 Å². The summed E-state index contributed by atoms with van der Waals surface area (Å²) in [6.45, 7) is 2.04. The Labute approximate surface area is 143 Å². The Balaban J connectivity index is 2.13. The van der Waals surface area contributed by atoms with E-state index in [-0.39, 0.29) is 5.92 Å². The number of aliphatic hydroxyl groups is 1. The number of hydrogen-bond acceptors (Lipinski definition) is 4. The van der Waals surface area contributed by atoms with Gasteiger partial charge in [-0.15, -0.1) is 0 Å². The zero-order valence-electron chi connectivity index (χ0n) is 13.4. The smallest absolute Gasteiger partial charge is 0.208 e. The second-order valence-corrected chi connectivity index (χ2v) is 8.52. The molecule has 5 nitrogen and oxygen atoms in total. The summed E-state index contributed by atoms with van der Waals surface area (Å²) in [6, 6.07) is 7.33. The average molecular weight is 361 g/mol. The Morgan fingerprint density at radius 2 is 2.26 bits per heavy atom. The van der Waals surface area contributed by atoms with Gasteiger partial charge in [0.2, 0.25) is 10.0 Å². The van der Waals surface area contributed by atoms with Gasteiger partial charge in [-0.3, -0.25) is 0 Å². The van der Waals surface area contributed by atoms with Crippen molar-refractivity contribution in [3.8, 4) is 0 Å². The van der Waals surface area contributed by atoms with E-state index in [1.54, 1.807) is 12.1 Å². The zero-order valence-corrected chi connectivity index (χ0v) is 15.0. The number of rotatable bonds is 7. The van der Waals surface area contributed by atoms with Crippen molar-refractivity contribution in [3.05, 3.63) is 34.9 Å². The molecule has 0 aliphatic carbocycles. The number of hydrogen-bond donors (Lipinski definition) is 3. The first-order valence-electron chi connectivity index (χ1n) is 7.95. The van der Waals surface area contributed by atoms with E-state index in [4.69, 9.17) is 11.6 Å². The summed E-state index contributed by atoms with van der Waals surface area (Å²) >= 11 is 6.09. The molecule has 0 bridgehead atoms. The molecule has 2 atom stereocenters. The van der Waals surface area contributed by atoms with Gasteiger partial charge in [-0.25, -0.2) is 13.1 Å². The summed E-state index contributed by atoms with van der Waals surface area (Å²) in [6.07, 6.45) is 4.15. The van der Waals surface area contributed by atoms with E-state index < -0.39 is 15.6 Å². The Hall–Kier alpha value is -0.660. The van der Waals surface area contributed by atoms with Crippen molar-refractivity contribution in [1.29, 1.82) is 0 Å². The molecule has 1 aliphatic heterocycles. The maximum Gasteiger partial charge on any atom is 0.208 e. The lowest BCUT2D eigenvalue weighted by molar-refractivity contribution is -0.0418. The van der Waals surface area contributed by atoms with Gasteiger partial charge in [0.25, 0.3) is 0 Å². The first-order chi connectivity index (χ1) is 10.8. The van der Waals surface area contributed by atoms with Crippen LogP contribution >= 0.6 is 11.6 Å². The molecule has 23 heavy (non-hydrogen) atoms. The maximum absolute atomic E-state index is 11.4. The van der Waals surface area contributed by atoms with Crippen molar-refractivity contribution in [3.63, 3.8) is 0 Å². The Bertz CT molecular complexity index is 618. The third kappa shape index (κ3) is 5.43. The largest absolute Gasteiger partial charge is 0.385 e. The summed E-state index contributed by atoms with van der Waals surface area (Å²) in [5.74, 6) is 0.0907. The standard InChI is InChI=1S/C16H25ClN2O3S/c1-23(21,22)19-10-4-8-16(20,14-6-3-9-18-12-14)13-5-2-7-15(17)11-13/h2,5,7,11,14,18-20H,3-4,6,8-10,12H2,1H3. The molecule has 1 heterocycles. The fourth-order valence-corrected chi connectivity index (χ4v) is 3.92. The molecule has 7 heteroatoms. The van der Waals surface area contributed by atoms with Gasteiger partial charge in [0, 0.05) is 24.0 Å². The van der Waals surface area contributed by atoms with E-state index >= 15 is 0 Å². The molecule has 0 aromatic heterocycles. The van der Waals surface area contributed by atoms with Crippen LogP contribution in [0.25, 0.3) is 0 Å². The predicted molar refractivity (Wildman–Crippen MR) is 93.0 cm³/mol. The SMILES string of the molecule is CS(=O)(=O)NCCCC(O)(c1cccc(Cl)c1)C1CCCNC1. The normalized spacial score (nSPS) is 21.8. The highest BCUT2D eigenvalue weighted by molar-refractivity contribution is 7.88. The molecule has 2 rings (SSSR count).